The first kappa shape index (κ1) is 33.5. The summed E-state index contributed by atoms with van der Waals surface area (Å²) in [6.45, 7) is 6.67. The van der Waals surface area contributed by atoms with Crippen LogP contribution in [0.1, 0.15) is 47.5 Å². The average molecular weight is 534 g/mol. The first-order valence-corrected chi connectivity index (χ1v) is 11.5. The number of hydrogen-bond donors (Lipinski definition) is 7. The van der Waals surface area contributed by atoms with Gasteiger partial charge in [-0.1, -0.05) is 13.8 Å². The Balaban J connectivity index is 5.62. The fraction of sp³-hybridized carbons (Fsp3) is 0.727. The lowest BCUT2D eigenvalue weighted by molar-refractivity contribution is -0.146. The van der Waals surface area contributed by atoms with E-state index in [0.717, 1.165) is 7.11 Å². The second-order valence-corrected chi connectivity index (χ2v) is 9.57. The van der Waals surface area contributed by atoms with Crippen LogP contribution < -0.4 is 27.0 Å². The minimum absolute atomic E-state index is 0.0909. The number of nitrogens with one attached hydrogen (secondary N) is 4. The lowest BCUT2D eigenvalue weighted by Crippen LogP contribution is -2.59. The van der Waals surface area contributed by atoms with E-state index in [4.69, 9.17) is 10.5 Å². The van der Waals surface area contributed by atoms with Crippen molar-refractivity contribution in [2.24, 2.45) is 11.7 Å². The van der Waals surface area contributed by atoms with Crippen LogP contribution >= 0.6 is 0 Å². The molecular formula is C22H39N5O10. The molecule has 15 nitrogen and oxygen atoms in total. The van der Waals surface area contributed by atoms with Crippen molar-refractivity contribution >= 4 is 35.7 Å². The molecule has 5 amide bonds. The number of amides is 5. The molecule has 0 radical (unpaired) electrons. The molecule has 0 fully saturated rings. The minimum Gasteiger partial charge on any atom is -0.467 e. The topological polar surface area (TPSA) is 235 Å². The Labute approximate surface area is 215 Å². The molecular weight excluding hydrogens is 494 g/mol. The number of methoxy groups -OCH3 is 1. The van der Waals surface area contributed by atoms with E-state index in [2.05, 4.69) is 26.0 Å². The van der Waals surface area contributed by atoms with Gasteiger partial charge in [0.1, 0.15) is 23.7 Å². The van der Waals surface area contributed by atoms with Gasteiger partial charge in [0, 0.05) is 0 Å². The lowest BCUT2D eigenvalue weighted by Gasteiger charge is -2.26. The summed E-state index contributed by atoms with van der Waals surface area (Å²) < 4.78 is 9.53. The summed E-state index contributed by atoms with van der Waals surface area (Å²) in [7, 11) is 1.07. The molecule has 37 heavy (non-hydrogen) atoms. The second-order valence-electron chi connectivity index (χ2n) is 9.57. The quantitative estimate of drug-likeness (QED) is 0.115. The third-order valence-corrected chi connectivity index (χ3v) is 4.55. The van der Waals surface area contributed by atoms with Crippen LogP contribution in [-0.2, 0) is 33.4 Å². The van der Waals surface area contributed by atoms with Crippen LogP contribution in [0.4, 0.5) is 4.79 Å². The highest BCUT2D eigenvalue weighted by atomic mass is 16.6. The van der Waals surface area contributed by atoms with Gasteiger partial charge in [0.2, 0.25) is 23.6 Å². The Morgan fingerprint density at radius 1 is 0.784 bits per heavy atom. The molecule has 0 saturated carbocycles. The van der Waals surface area contributed by atoms with Gasteiger partial charge < -0.3 is 46.7 Å². The standard InChI is InChI=1S/C22H39N5O10/c1-11(2)7-12(17(31)26-15(10-29)20(34)36-6)24-18(32)13(8-16(23)30)25-19(33)14(9-28)27-21(35)37-22(3,4)5/h11-15,28-29H,7-10H2,1-6H3,(H2,23,30)(H,24,32)(H,25,33)(H,26,31)(H,27,35)/t12-,13-,14-,15-/m0/s1. The molecule has 8 N–H and O–H groups in total. The number of carbonyl (C=O) groups excluding carboxylic acids is 6. The number of rotatable bonds is 14. The molecule has 212 valence electrons. The van der Waals surface area contributed by atoms with Crippen LogP contribution in [0.5, 0.6) is 0 Å². The maximum Gasteiger partial charge on any atom is 0.408 e. The molecule has 0 saturated heterocycles. The van der Waals surface area contributed by atoms with Gasteiger partial charge in [0.05, 0.1) is 26.7 Å². The third-order valence-electron chi connectivity index (χ3n) is 4.55. The molecule has 0 aliphatic carbocycles. The van der Waals surface area contributed by atoms with E-state index in [9.17, 15) is 39.0 Å². The molecule has 0 rings (SSSR count). The van der Waals surface area contributed by atoms with Crippen LogP contribution in [0.25, 0.3) is 0 Å². The summed E-state index contributed by atoms with van der Waals surface area (Å²) in [5, 5.41) is 27.9. The summed E-state index contributed by atoms with van der Waals surface area (Å²) in [5.74, 6) is -4.81. The molecule has 0 unspecified atom stereocenters. The lowest BCUT2D eigenvalue weighted by atomic mass is 10.0. The number of carbonyl (C=O) groups is 6. The molecule has 4 atom stereocenters. The number of primary amides is 1. The molecule has 0 aromatic carbocycles. The monoisotopic (exact) mass is 533 g/mol. The van der Waals surface area contributed by atoms with Gasteiger partial charge in [0.25, 0.3) is 0 Å². The molecule has 0 aliphatic rings. The Morgan fingerprint density at radius 3 is 1.68 bits per heavy atom. The van der Waals surface area contributed by atoms with Crippen LogP contribution in [0.3, 0.4) is 0 Å². The van der Waals surface area contributed by atoms with Crippen LogP contribution in [-0.4, -0.2) is 96.0 Å². The maximum atomic E-state index is 12.9. The highest BCUT2D eigenvalue weighted by molar-refractivity contribution is 5.96. The highest BCUT2D eigenvalue weighted by Crippen LogP contribution is 2.08. The van der Waals surface area contributed by atoms with E-state index in [1.165, 1.54) is 0 Å². The molecule has 0 spiro atoms. The predicted octanol–water partition coefficient (Wildman–Crippen LogP) is -2.59. The number of ether oxygens (including phenoxy) is 2. The summed E-state index contributed by atoms with van der Waals surface area (Å²) in [4.78, 5) is 73.5. The van der Waals surface area contributed by atoms with Crippen LogP contribution in [0.2, 0.25) is 0 Å². The van der Waals surface area contributed by atoms with Crippen molar-refractivity contribution < 1.29 is 48.5 Å². The first-order valence-electron chi connectivity index (χ1n) is 11.5. The molecule has 0 bridgehead atoms. The van der Waals surface area contributed by atoms with Crippen molar-refractivity contribution in [3.05, 3.63) is 0 Å². The van der Waals surface area contributed by atoms with Crippen molar-refractivity contribution in [3.8, 4) is 0 Å². The minimum atomic E-state index is -1.57. The van der Waals surface area contributed by atoms with Crippen molar-refractivity contribution in [3.63, 3.8) is 0 Å². The molecule has 0 aliphatic heterocycles. The van der Waals surface area contributed by atoms with Crippen molar-refractivity contribution in [2.45, 2.75) is 77.2 Å². The Morgan fingerprint density at radius 2 is 1.24 bits per heavy atom. The summed E-state index contributed by atoms with van der Waals surface area (Å²) in [6, 6.07) is -5.71. The molecule has 15 heteroatoms. The Kier molecular flexibility index (Phi) is 14.1. The predicted molar refractivity (Wildman–Crippen MR) is 128 cm³/mol. The Hall–Kier alpha value is -3.46. The van der Waals surface area contributed by atoms with Gasteiger partial charge in [0.15, 0.2) is 6.04 Å². The van der Waals surface area contributed by atoms with E-state index in [0.29, 0.717) is 0 Å². The highest BCUT2D eigenvalue weighted by Gasteiger charge is 2.32. The Bertz CT molecular complexity index is 827. The van der Waals surface area contributed by atoms with E-state index < -0.39 is 85.1 Å². The van der Waals surface area contributed by atoms with E-state index in [1.54, 1.807) is 34.6 Å². The smallest absolute Gasteiger partial charge is 0.408 e. The number of nitrogens with two attached hydrogens (primary N) is 1. The number of hydrogen-bond acceptors (Lipinski definition) is 10. The van der Waals surface area contributed by atoms with E-state index in [-0.39, 0.29) is 12.3 Å². The van der Waals surface area contributed by atoms with Crippen LogP contribution in [0, 0.1) is 5.92 Å². The second kappa shape index (κ2) is 15.6. The van der Waals surface area contributed by atoms with Gasteiger partial charge in [-0.3, -0.25) is 19.2 Å². The third kappa shape index (κ3) is 13.4. The van der Waals surface area contributed by atoms with Crippen molar-refractivity contribution in [1.29, 1.82) is 0 Å². The van der Waals surface area contributed by atoms with E-state index in [1.807, 2.05) is 0 Å². The number of alkyl carbamates (subject to hydrolysis) is 1. The van der Waals surface area contributed by atoms with E-state index >= 15 is 0 Å². The zero-order valence-corrected chi connectivity index (χ0v) is 22.0. The van der Waals surface area contributed by atoms with Crippen molar-refractivity contribution in [2.75, 3.05) is 20.3 Å². The van der Waals surface area contributed by atoms with Gasteiger partial charge in [-0.15, -0.1) is 0 Å². The summed E-state index contributed by atoms with van der Waals surface area (Å²) in [5.41, 5.74) is 4.32. The first-order chi connectivity index (χ1) is 17.0. The molecule has 0 heterocycles. The fourth-order valence-electron chi connectivity index (χ4n) is 2.90. The number of aliphatic hydroxyl groups excluding tert-OH is 2. The SMILES string of the molecule is COC(=O)[C@H](CO)NC(=O)[C@H](CC(C)C)NC(=O)[C@H](CC(N)=O)NC(=O)[C@H](CO)NC(=O)OC(C)(C)C. The molecule has 0 aromatic heterocycles. The zero-order chi connectivity index (χ0) is 28.9. The zero-order valence-electron chi connectivity index (χ0n) is 22.0. The van der Waals surface area contributed by atoms with Gasteiger partial charge >= 0.3 is 12.1 Å². The van der Waals surface area contributed by atoms with Gasteiger partial charge in [-0.2, -0.15) is 0 Å². The number of esters is 1. The van der Waals surface area contributed by atoms with Crippen molar-refractivity contribution in [1.82, 2.24) is 21.3 Å². The largest absolute Gasteiger partial charge is 0.467 e. The maximum absolute atomic E-state index is 12.9. The normalized spacial score (nSPS) is 14.4. The van der Waals surface area contributed by atoms with Gasteiger partial charge in [-0.25, -0.2) is 9.59 Å². The van der Waals surface area contributed by atoms with Gasteiger partial charge in [-0.05, 0) is 33.1 Å². The molecule has 0 aromatic rings. The fourth-order valence-corrected chi connectivity index (χ4v) is 2.90. The average Bonchev–Trinajstić information content (AvgIpc) is 2.77. The number of aliphatic hydroxyl groups is 2. The summed E-state index contributed by atoms with van der Waals surface area (Å²) >= 11 is 0. The summed E-state index contributed by atoms with van der Waals surface area (Å²) in [6.07, 6.45) is -1.58. The van der Waals surface area contributed by atoms with Crippen LogP contribution in [0.15, 0.2) is 0 Å².